The third kappa shape index (κ3) is 16.5. The van der Waals surface area contributed by atoms with Crippen LogP contribution in [0.4, 0.5) is 0 Å². The Morgan fingerprint density at radius 1 is 0.731 bits per heavy atom. The molecule has 0 saturated carbocycles. The minimum atomic E-state index is -3.43. The second-order valence-electron chi connectivity index (χ2n) is 14.4. The zero-order chi connectivity index (χ0) is 38.1. The second kappa shape index (κ2) is 21.5. The first kappa shape index (κ1) is 42.3. The molecule has 1 aliphatic rings. The van der Waals surface area contributed by atoms with Crippen molar-refractivity contribution in [3.8, 4) is 0 Å². The minimum absolute atomic E-state index is 0.00711. The molecule has 3 rings (SSSR count). The van der Waals surface area contributed by atoms with Gasteiger partial charge in [0.2, 0.25) is 23.6 Å². The predicted molar refractivity (Wildman–Crippen MR) is 203 cm³/mol. The van der Waals surface area contributed by atoms with Gasteiger partial charge in [0, 0.05) is 37.2 Å². The largest absolute Gasteiger partial charge is 0.379 e. The molecule has 1 aliphatic heterocycles. The highest BCUT2D eigenvalue weighted by Gasteiger charge is 2.31. The molecule has 1 saturated heterocycles. The lowest BCUT2D eigenvalue weighted by molar-refractivity contribution is -0.134. The van der Waals surface area contributed by atoms with Crippen molar-refractivity contribution in [2.24, 2.45) is 11.8 Å². The molecule has 0 spiro atoms. The molecule has 2 aromatic carbocycles. The molecule has 0 aliphatic carbocycles. The summed E-state index contributed by atoms with van der Waals surface area (Å²) in [5.74, 6) is -1.64. The van der Waals surface area contributed by atoms with Gasteiger partial charge in [0.05, 0.1) is 19.8 Å². The Morgan fingerprint density at radius 3 is 1.85 bits per heavy atom. The summed E-state index contributed by atoms with van der Waals surface area (Å²) in [6.45, 7) is 10.2. The van der Waals surface area contributed by atoms with Crippen LogP contribution in [0.15, 0.2) is 72.1 Å². The average molecular weight is 740 g/mol. The average Bonchev–Trinajstić information content (AvgIpc) is 3.09. The number of sulfone groups is 1. The van der Waals surface area contributed by atoms with Crippen LogP contribution in [-0.4, -0.2) is 100 Å². The number of rotatable bonds is 20. The quantitative estimate of drug-likeness (QED) is 0.161. The monoisotopic (exact) mass is 739 g/mol. The molecule has 12 nitrogen and oxygen atoms in total. The Kier molecular flexibility index (Phi) is 17.5. The summed E-state index contributed by atoms with van der Waals surface area (Å²) in [5, 5.41) is 12.7. The summed E-state index contributed by atoms with van der Waals surface area (Å²) in [4.78, 5) is 56.9. The molecule has 13 heteroatoms. The lowest BCUT2D eigenvalue weighted by Crippen LogP contribution is -2.58. The van der Waals surface area contributed by atoms with E-state index < -0.39 is 51.7 Å². The van der Waals surface area contributed by atoms with Gasteiger partial charge in [0.25, 0.3) is 0 Å². The second-order valence-corrected chi connectivity index (χ2v) is 16.3. The lowest BCUT2D eigenvalue weighted by Gasteiger charge is -2.28. The Labute approximate surface area is 309 Å². The van der Waals surface area contributed by atoms with E-state index >= 15 is 0 Å². The minimum Gasteiger partial charge on any atom is -0.379 e. The topological polar surface area (TPSA) is 163 Å². The highest BCUT2D eigenvalue weighted by atomic mass is 32.2. The third-order valence-electron chi connectivity index (χ3n) is 8.55. The number of nitrogens with zero attached hydrogens (tertiary/aromatic N) is 1. The van der Waals surface area contributed by atoms with E-state index in [1.165, 1.54) is 6.08 Å². The van der Waals surface area contributed by atoms with Gasteiger partial charge in [-0.25, -0.2) is 8.42 Å². The van der Waals surface area contributed by atoms with Gasteiger partial charge in [-0.05, 0) is 48.6 Å². The number of hydrogen-bond acceptors (Lipinski definition) is 8. The molecule has 0 bridgehead atoms. The van der Waals surface area contributed by atoms with Crippen molar-refractivity contribution in [3.05, 3.63) is 83.3 Å². The summed E-state index contributed by atoms with van der Waals surface area (Å²) in [5.41, 5.74) is 1.82. The van der Waals surface area contributed by atoms with E-state index in [1.54, 1.807) is 0 Å². The van der Waals surface area contributed by atoms with Gasteiger partial charge in [0.1, 0.15) is 18.1 Å². The third-order valence-corrected chi connectivity index (χ3v) is 9.21. The smallest absolute Gasteiger partial charge is 0.243 e. The van der Waals surface area contributed by atoms with Crippen LogP contribution < -0.4 is 21.3 Å². The Balaban J connectivity index is 1.82. The normalized spacial score (nSPS) is 16.2. The van der Waals surface area contributed by atoms with E-state index in [0.717, 1.165) is 22.8 Å². The summed E-state index contributed by atoms with van der Waals surface area (Å²) in [7, 11) is -3.43. The van der Waals surface area contributed by atoms with Crippen molar-refractivity contribution in [2.75, 3.05) is 39.1 Å². The van der Waals surface area contributed by atoms with E-state index in [9.17, 15) is 27.6 Å². The van der Waals surface area contributed by atoms with Gasteiger partial charge < -0.3 is 26.0 Å². The van der Waals surface area contributed by atoms with Crippen LogP contribution >= 0.6 is 0 Å². The van der Waals surface area contributed by atoms with Gasteiger partial charge in [-0.15, -0.1) is 0 Å². The van der Waals surface area contributed by atoms with Crippen LogP contribution in [0.2, 0.25) is 0 Å². The summed E-state index contributed by atoms with van der Waals surface area (Å²) >= 11 is 0. The summed E-state index contributed by atoms with van der Waals surface area (Å²) < 4.78 is 29.1. The number of morpholine rings is 1. The molecule has 2 aromatic rings. The van der Waals surface area contributed by atoms with Crippen molar-refractivity contribution in [2.45, 2.75) is 84.0 Å². The maximum atomic E-state index is 14.0. The standard InChI is InChI=1S/C39H57N5O7S/c1-28(2)24-32(18-23-52(5,49)50)40-38(47)35(26-31-14-10-7-11-15-31)43-39(48)34(25-29(3)4)42-37(46)33(17-16-30-12-8-6-9-13-30)41-36(45)27-44-19-21-51-22-20-44/h6-15,18,23,28-29,32-35H,16-17,19-22,24-27H2,1-5H3,(H,40,47)(H,41,45)(H,42,46)(H,43,48)/b23-18+/t32-,33+,34+,35+/m1/s1. The van der Waals surface area contributed by atoms with Crippen LogP contribution in [0.5, 0.6) is 0 Å². The summed E-state index contributed by atoms with van der Waals surface area (Å²) in [6.07, 6.45) is 4.33. The Hall–Kier alpha value is -4.07. The van der Waals surface area contributed by atoms with Gasteiger partial charge in [-0.2, -0.15) is 0 Å². The first-order valence-electron chi connectivity index (χ1n) is 18.1. The number of benzene rings is 2. The number of aryl methyl sites for hydroxylation is 1. The first-order chi connectivity index (χ1) is 24.7. The molecule has 0 unspecified atom stereocenters. The first-order valence-corrected chi connectivity index (χ1v) is 20.1. The molecule has 0 aromatic heterocycles. The molecule has 1 heterocycles. The van der Waals surface area contributed by atoms with Crippen LogP contribution in [-0.2, 0) is 46.6 Å². The highest BCUT2D eigenvalue weighted by Crippen LogP contribution is 2.12. The van der Waals surface area contributed by atoms with Gasteiger partial charge >= 0.3 is 0 Å². The van der Waals surface area contributed by atoms with E-state index in [-0.39, 0.29) is 37.1 Å². The molecule has 4 amide bonds. The van der Waals surface area contributed by atoms with E-state index in [0.29, 0.717) is 45.6 Å². The van der Waals surface area contributed by atoms with Crippen molar-refractivity contribution in [1.82, 2.24) is 26.2 Å². The number of carbonyl (C=O) groups excluding carboxylic acids is 4. The fraction of sp³-hybridized carbons (Fsp3) is 0.538. The molecule has 52 heavy (non-hydrogen) atoms. The molecule has 4 N–H and O–H groups in total. The van der Waals surface area contributed by atoms with Crippen LogP contribution in [0.3, 0.4) is 0 Å². The van der Waals surface area contributed by atoms with Crippen LogP contribution in [0.25, 0.3) is 0 Å². The SMILES string of the molecule is CC(C)C[C@@H](/C=C/S(C)(=O)=O)NC(=O)[C@H](Cc1ccccc1)NC(=O)[C@H](CC(C)C)NC(=O)[C@H](CCc1ccccc1)NC(=O)CN1CCOCC1. The molecular formula is C39H57N5O7S. The summed E-state index contributed by atoms with van der Waals surface area (Å²) in [6, 6.07) is 15.4. The van der Waals surface area contributed by atoms with E-state index in [1.807, 2.05) is 93.3 Å². The molecule has 286 valence electrons. The lowest BCUT2D eigenvalue weighted by atomic mass is 9.99. The van der Waals surface area contributed by atoms with Crippen molar-refractivity contribution < 1.29 is 32.3 Å². The van der Waals surface area contributed by atoms with Crippen LogP contribution in [0, 0.1) is 11.8 Å². The molecular weight excluding hydrogens is 683 g/mol. The zero-order valence-corrected chi connectivity index (χ0v) is 32.0. The maximum absolute atomic E-state index is 14.0. The predicted octanol–water partition coefficient (Wildman–Crippen LogP) is 2.78. The number of hydrogen-bond donors (Lipinski definition) is 4. The van der Waals surface area contributed by atoms with Gasteiger partial charge in [-0.1, -0.05) is 94.4 Å². The fourth-order valence-corrected chi connectivity index (χ4v) is 6.42. The number of ether oxygens (including phenoxy) is 1. The fourth-order valence-electron chi connectivity index (χ4n) is 5.95. The Morgan fingerprint density at radius 2 is 1.27 bits per heavy atom. The van der Waals surface area contributed by atoms with E-state index in [4.69, 9.17) is 4.74 Å². The van der Waals surface area contributed by atoms with Gasteiger partial charge in [-0.3, -0.25) is 24.1 Å². The Bertz CT molecular complexity index is 1560. The molecule has 0 radical (unpaired) electrons. The van der Waals surface area contributed by atoms with Crippen molar-refractivity contribution in [1.29, 1.82) is 0 Å². The molecule has 4 atom stereocenters. The van der Waals surface area contributed by atoms with Crippen molar-refractivity contribution in [3.63, 3.8) is 0 Å². The van der Waals surface area contributed by atoms with Crippen LogP contribution in [0.1, 0.15) is 58.1 Å². The maximum Gasteiger partial charge on any atom is 0.243 e. The molecule has 1 fully saturated rings. The van der Waals surface area contributed by atoms with Gasteiger partial charge in [0.15, 0.2) is 9.84 Å². The van der Waals surface area contributed by atoms with E-state index in [2.05, 4.69) is 21.3 Å². The number of carbonyl (C=O) groups is 4. The number of amides is 4. The van der Waals surface area contributed by atoms with Crippen molar-refractivity contribution >= 4 is 33.5 Å². The zero-order valence-electron chi connectivity index (χ0n) is 31.2. The highest BCUT2D eigenvalue weighted by molar-refractivity contribution is 7.93. The number of nitrogens with one attached hydrogen (secondary N) is 4.